The Morgan fingerprint density at radius 2 is 1.94 bits per heavy atom. The van der Waals surface area contributed by atoms with Crippen molar-refractivity contribution in [1.82, 2.24) is 20.9 Å². The molecule has 10 heteroatoms. The highest BCUT2D eigenvalue weighted by Gasteiger charge is 2.51. The van der Waals surface area contributed by atoms with Crippen molar-refractivity contribution < 1.29 is 24.0 Å². The van der Waals surface area contributed by atoms with E-state index in [1.165, 1.54) is 11.0 Å². The van der Waals surface area contributed by atoms with E-state index in [0.717, 1.165) is 0 Å². The van der Waals surface area contributed by atoms with E-state index in [4.69, 9.17) is 12.2 Å². The number of primary amides is 1. The van der Waals surface area contributed by atoms with Crippen molar-refractivity contribution in [1.29, 1.82) is 0 Å². The van der Waals surface area contributed by atoms with E-state index in [9.17, 15) is 24.0 Å². The summed E-state index contributed by atoms with van der Waals surface area (Å²) in [7, 11) is 0. The summed E-state index contributed by atoms with van der Waals surface area (Å²) in [4.78, 5) is 65.1. The van der Waals surface area contributed by atoms with Gasteiger partial charge in [-0.15, -0.1) is 18.9 Å². The van der Waals surface area contributed by atoms with Crippen LogP contribution < -0.4 is 21.7 Å². The van der Waals surface area contributed by atoms with Crippen molar-refractivity contribution in [2.24, 2.45) is 23.0 Å². The maximum atomic E-state index is 13.6. The smallest absolute Gasteiger partial charge is 0.312 e. The topological polar surface area (TPSA) is 151 Å². The number of hydrogen-bond donors (Lipinski definition) is 4. The lowest BCUT2D eigenvalue weighted by atomic mass is 9.85. The first-order chi connectivity index (χ1) is 16.4. The molecule has 0 aromatic rings. The molecule has 1 aliphatic carbocycles. The Morgan fingerprint density at radius 1 is 1.26 bits per heavy atom. The first kappa shape index (κ1) is 27.6. The number of terminal acetylenes is 1. The molecule has 2 aliphatic rings. The molecule has 0 saturated carbocycles. The van der Waals surface area contributed by atoms with Gasteiger partial charge < -0.3 is 26.6 Å². The van der Waals surface area contributed by atoms with Crippen LogP contribution in [0.2, 0.25) is 0 Å². The summed E-state index contributed by atoms with van der Waals surface area (Å²) in [5.74, 6) is -0.481. The predicted molar refractivity (Wildman–Crippen MR) is 130 cm³/mol. The van der Waals surface area contributed by atoms with E-state index in [0.29, 0.717) is 6.42 Å². The molecule has 5 N–H and O–H groups in total. The second kappa shape index (κ2) is 11.7. The standard InChI is InChI=1S/C25H35N5O5/c1-6-8-12-17(19(31)22(33)27-13-7-2)28-21(32)18-16-11-9-10-15(16)14-30(18)23(34)20(25(3,4)5)29-24(26)35/h1,7,9-10,15-18,20H,2,8,11-14H2,3-5H3,(H,27,33)(H,28,32)(H3,26,29,35)/t15-,16-,17?,18-,20+/m0/s1. The molecule has 0 spiro atoms. The van der Waals surface area contributed by atoms with Crippen molar-refractivity contribution in [3.05, 3.63) is 24.8 Å². The molecule has 1 saturated heterocycles. The number of ketones is 1. The molecule has 1 aliphatic heterocycles. The molecule has 10 nitrogen and oxygen atoms in total. The molecule has 1 unspecified atom stereocenters. The molecule has 0 bridgehead atoms. The summed E-state index contributed by atoms with van der Waals surface area (Å²) < 4.78 is 0. The molecule has 1 fully saturated rings. The van der Waals surface area contributed by atoms with Gasteiger partial charge in [-0.25, -0.2) is 4.79 Å². The molecular formula is C25H35N5O5. The van der Waals surface area contributed by atoms with Crippen molar-refractivity contribution in [3.63, 3.8) is 0 Å². The van der Waals surface area contributed by atoms with Crippen molar-refractivity contribution in [2.45, 2.75) is 58.2 Å². The summed E-state index contributed by atoms with van der Waals surface area (Å²) in [5.41, 5.74) is 4.64. The number of Topliss-reactive ketones (excluding diaryl/α,β-unsaturated/α-hetero) is 1. The van der Waals surface area contributed by atoms with Gasteiger partial charge in [-0.1, -0.05) is 39.0 Å². The quantitative estimate of drug-likeness (QED) is 0.199. The molecule has 190 valence electrons. The Morgan fingerprint density at radius 3 is 2.51 bits per heavy atom. The number of urea groups is 1. The van der Waals surface area contributed by atoms with Crippen LogP contribution in [-0.4, -0.2) is 65.7 Å². The monoisotopic (exact) mass is 485 g/mol. The molecular weight excluding hydrogens is 450 g/mol. The minimum Gasteiger partial charge on any atom is -0.352 e. The maximum absolute atomic E-state index is 13.6. The van der Waals surface area contributed by atoms with E-state index in [-0.39, 0.29) is 37.8 Å². The number of carbonyl (C=O) groups excluding carboxylic acids is 5. The van der Waals surface area contributed by atoms with Crippen LogP contribution in [-0.2, 0) is 19.2 Å². The number of carbonyl (C=O) groups is 5. The number of hydrogen-bond acceptors (Lipinski definition) is 5. The summed E-state index contributed by atoms with van der Waals surface area (Å²) in [5, 5.41) is 7.58. The minimum absolute atomic E-state index is 0.0420. The summed E-state index contributed by atoms with van der Waals surface area (Å²) in [6.45, 7) is 9.23. The molecule has 35 heavy (non-hydrogen) atoms. The highest BCUT2D eigenvalue weighted by atomic mass is 16.2. The Hall–Kier alpha value is -3.61. The highest BCUT2D eigenvalue weighted by Crippen LogP contribution is 2.39. The average Bonchev–Trinajstić information content (AvgIpc) is 3.38. The lowest BCUT2D eigenvalue weighted by molar-refractivity contribution is -0.144. The second-order valence-corrected chi connectivity index (χ2v) is 9.90. The van der Waals surface area contributed by atoms with E-state index >= 15 is 0 Å². The number of rotatable bonds is 10. The van der Waals surface area contributed by atoms with Gasteiger partial charge in [0.1, 0.15) is 12.1 Å². The first-order valence-corrected chi connectivity index (χ1v) is 11.6. The van der Waals surface area contributed by atoms with Crippen LogP contribution in [0.3, 0.4) is 0 Å². The first-order valence-electron chi connectivity index (χ1n) is 11.6. The SMILES string of the molecule is C#CCCC(NC(=O)[C@@H]1[C@H]2CC=C[C@H]2CN1C(=O)[C@@H](NC(N)=O)C(C)(C)C)C(=O)C(=O)NCC=C. The van der Waals surface area contributed by atoms with Crippen LogP contribution in [0.15, 0.2) is 24.8 Å². The minimum atomic E-state index is -1.14. The van der Waals surface area contributed by atoms with Gasteiger partial charge in [-0.3, -0.25) is 19.2 Å². The van der Waals surface area contributed by atoms with E-state index < -0.39 is 53.1 Å². The summed E-state index contributed by atoms with van der Waals surface area (Å²) in [6.07, 6.45) is 11.5. The number of amides is 5. The molecule has 0 radical (unpaired) electrons. The van der Waals surface area contributed by atoms with Crippen LogP contribution in [0, 0.1) is 29.6 Å². The fraction of sp³-hybridized carbons (Fsp3) is 0.560. The average molecular weight is 486 g/mol. The largest absolute Gasteiger partial charge is 0.352 e. The molecule has 5 amide bonds. The normalized spacial score (nSPS) is 22.3. The third-order valence-corrected chi connectivity index (χ3v) is 6.28. The fourth-order valence-corrected chi connectivity index (χ4v) is 4.54. The summed E-state index contributed by atoms with van der Waals surface area (Å²) >= 11 is 0. The van der Waals surface area contributed by atoms with E-state index in [1.807, 2.05) is 12.2 Å². The van der Waals surface area contributed by atoms with Gasteiger partial charge in [0, 0.05) is 25.4 Å². The van der Waals surface area contributed by atoms with E-state index in [1.54, 1.807) is 20.8 Å². The van der Waals surface area contributed by atoms with Crippen LogP contribution in [0.5, 0.6) is 0 Å². The van der Waals surface area contributed by atoms with E-state index in [2.05, 4.69) is 28.4 Å². The van der Waals surface area contributed by atoms with Crippen LogP contribution in [0.4, 0.5) is 4.79 Å². The fourth-order valence-electron chi connectivity index (χ4n) is 4.54. The predicted octanol–water partition coefficient (Wildman–Crippen LogP) is 0.242. The highest BCUT2D eigenvalue weighted by molar-refractivity contribution is 6.38. The molecule has 5 atom stereocenters. The molecule has 0 aromatic heterocycles. The van der Waals surface area contributed by atoms with Crippen molar-refractivity contribution >= 4 is 29.5 Å². The molecule has 2 rings (SSSR count). The number of likely N-dealkylation sites (tertiary alicyclic amines) is 1. The van der Waals surface area contributed by atoms with Gasteiger partial charge in [-0.2, -0.15) is 0 Å². The Balaban J connectivity index is 2.31. The van der Waals surface area contributed by atoms with Gasteiger partial charge >= 0.3 is 6.03 Å². The maximum Gasteiger partial charge on any atom is 0.312 e. The van der Waals surface area contributed by atoms with Crippen LogP contribution in [0.25, 0.3) is 0 Å². The van der Waals surface area contributed by atoms with Gasteiger partial charge in [0.05, 0.1) is 6.04 Å². The lowest BCUT2D eigenvalue weighted by Gasteiger charge is -2.36. The Bertz CT molecular complexity index is 945. The number of nitrogens with zero attached hydrogens (tertiary/aromatic N) is 1. The van der Waals surface area contributed by atoms with Gasteiger partial charge in [0.2, 0.25) is 17.6 Å². The zero-order valence-corrected chi connectivity index (χ0v) is 20.5. The Labute approximate surface area is 206 Å². The van der Waals surface area contributed by atoms with Crippen LogP contribution in [0.1, 0.15) is 40.0 Å². The third kappa shape index (κ3) is 6.72. The van der Waals surface area contributed by atoms with Crippen molar-refractivity contribution in [2.75, 3.05) is 13.1 Å². The lowest BCUT2D eigenvalue weighted by Crippen LogP contribution is -2.60. The number of allylic oxidation sites excluding steroid dienone is 1. The zero-order chi connectivity index (χ0) is 26.3. The molecule has 1 heterocycles. The second-order valence-electron chi connectivity index (χ2n) is 9.90. The third-order valence-electron chi connectivity index (χ3n) is 6.28. The Kier molecular flexibility index (Phi) is 9.23. The zero-order valence-electron chi connectivity index (χ0n) is 20.5. The van der Waals surface area contributed by atoms with Gasteiger partial charge in [0.15, 0.2) is 0 Å². The number of nitrogens with one attached hydrogen (secondary N) is 3. The van der Waals surface area contributed by atoms with Gasteiger partial charge in [0.25, 0.3) is 5.91 Å². The summed E-state index contributed by atoms with van der Waals surface area (Å²) in [6, 6.07) is -3.83. The number of fused-ring (bicyclic) bond motifs is 1. The molecule has 0 aromatic carbocycles. The van der Waals surface area contributed by atoms with Gasteiger partial charge in [-0.05, 0) is 24.2 Å². The van der Waals surface area contributed by atoms with Crippen molar-refractivity contribution in [3.8, 4) is 12.3 Å². The number of nitrogens with two attached hydrogens (primary N) is 1. The van der Waals surface area contributed by atoms with Crippen LogP contribution >= 0.6 is 0 Å².